The van der Waals surface area contributed by atoms with Gasteiger partial charge in [0.15, 0.2) is 0 Å². The van der Waals surface area contributed by atoms with Gasteiger partial charge in [0.05, 0.1) is 6.54 Å². The lowest BCUT2D eigenvalue weighted by Crippen LogP contribution is -2.22. The Morgan fingerprint density at radius 2 is 1.52 bits per heavy atom. The zero-order valence-electron chi connectivity index (χ0n) is 16.9. The van der Waals surface area contributed by atoms with Gasteiger partial charge in [0.25, 0.3) is 5.91 Å². The summed E-state index contributed by atoms with van der Waals surface area (Å²) in [6.45, 7) is 2.17. The van der Waals surface area contributed by atoms with Gasteiger partial charge in [-0.2, -0.15) is 0 Å². The summed E-state index contributed by atoms with van der Waals surface area (Å²) in [6.07, 6.45) is 3.50. The molecule has 2 aromatic carbocycles. The molecule has 0 spiro atoms. The summed E-state index contributed by atoms with van der Waals surface area (Å²) < 4.78 is 0. The van der Waals surface area contributed by atoms with E-state index >= 15 is 0 Å². The summed E-state index contributed by atoms with van der Waals surface area (Å²) in [4.78, 5) is 35.6. The van der Waals surface area contributed by atoms with E-state index in [0.717, 1.165) is 24.9 Å². The largest absolute Gasteiger partial charge is 0.376 e. The van der Waals surface area contributed by atoms with Crippen LogP contribution in [0.2, 0.25) is 0 Å². The van der Waals surface area contributed by atoms with Gasteiger partial charge in [-0.1, -0.05) is 25.8 Å². The topological polar surface area (TPSA) is 99.3 Å². The molecule has 154 valence electrons. The molecule has 0 radical (unpaired) electrons. The predicted molar refractivity (Wildman–Crippen MR) is 116 cm³/mol. The average Bonchev–Trinajstić information content (AvgIpc) is 2.73. The molecule has 0 saturated heterocycles. The molecule has 7 nitrogen and oxygen atoms in total. The molecule has 0 unspecified atom stereocenters. The van der Waals surface area contributed by atoms with Gasteiger partial charge in [0.1, 0.15) is 0 Å². The number of rotatable bonds is 10. The quantitative estimate of drug-likeness (QED) is 0.461. The SMILES string of the molecule is CCCCCC(=O)Nc1cccc(NCC(=O)Nc2ccc(C(=O)NC)cc2)c1. The molecule has 7 heteroatoms. The molecule has 0 saturated carbocycles. The van der Waals surface area contributed by atoms with Crippen LogP contribution in [0.3, 0.4) is 0 Å². The Balaban J connectivity index is 1.82. The summed E-state index contributed by atoms with van der Waals surface area (Å²) in [6, 6.07) is 13.9. The maximum Gasteiger partial charge on any atom is 0.251 e. The molecule has 0 aliphatic rings. The lowest BCUT2D eigenvalue weighted by Gasteiger charge is -2.10. The molecule has 2 rings (SSSR count). The van der Waals surface area contributed by atoms with Crippen LogP contribution < -0.4 is 21.3 Å². The van der Waals surface area contributed by atoms with Crippen molar-refractivity contribution in [1.82, 2.24) is 5.32 Å². The number of carbonyl (C=O) groups excluding carboxylic acids is 3. The van der Waals surface area contributed by atoms with Gasteiger partial charge in [-0.3, -0.25) is 14.4 Å². The number of amides is 3. The monoisotopic (exact) mass is 396 g/mol. The lowest BCUT2D eigenvalue weighted by atomic mass is 10.2. The zero-order valence-corrected chi connectivity index (χ0v) is 16.9. The van der Waals surface area contributed by atoms with Gasteiger partial charge in [0, 0.05) is 36.1 Å². The highest BCUT2D eigenvalue weighted by Crippen LogP contribution is 2.16. The Bertz CT molecular complexity index is 834. The molecular formula is C22H28N4O3. The lowest BCUT2D eigenvalue weighted by molar-refractivity contribution is -0.116. The summed E-state index contributed by atoms with van der Waals surface area (Å²) in [5.41, 5.74) is 2.57. The molecule has 0 aliphatic heterocycles. The van der Waals surface area contributed by atoms with Gasteiger partial charge in [-0.05, 0) is 48.9 Å². The second kappa shape index (κ2) is 11.5. The van der Waals surface area contributed by atoms with E-state index in [2.05, 4.69) is 28.2 Å². The number of anilines is 3. The van der Waals surface area contributed by atoms with E-state index in [1.54, 1.807) is 37.4 Å². The van der Waals surface area contributed by atoms with E-state index in [1.165, 1.54) is 0 Å². The van der Waals surface area contributed by atoms with Gasteiger partial charge in [-0.15, -0.1) is 0 Å². The molecule has 0 fully saturated rings. The number of benzene rings is 2. The Labute approximate surface area is 171 Å². The van der Waals surface area contributed by atoms with Gasteiger partial charge < -0.3 is 21.3 Å². The molecule has 0 atom stereocenters. The summed E-state index contributed by atoms with van der Waals surface area (Å²) in [5.74, 6) is -0.401. The van der Waals surface area contributed by atoms with Crippen LogP contribution in [-0.2, 0) is 9.59 Å². The first kappa shape index (κ1) is 21.9. The Hall–Kier alpha value is -3.35. The maximum absolute atomic E-state index is 12.1. The third-order valence-electron chi connectivity index (χ3n) is 4.26. The highest BCUT2D eigenvalue weighted by atomic mass is 16.2. The number of carbonyl (C=O) groups is 3. The third-order valence-corrected chi connectivity index (χ3v) is 4.26. The second-order valence-electron chi connectivity index (χ2n) is 6.64. The number of hydrogen-bond acceptors (Lipinski definition) is 4. The fraction of sp³-hybridized carbons (Fsp3) is 0.318. The third kappa shape index (κ3) is 7.65. The molecule has 0 bridgehead atoms. The highest BCUT2D eigenvalue weighted by Gasteiger charge is 2.06. The van der Waals surface area contributed by atoms with Crippen LogP contribution in [0.4, 0.5) is 17.1 Å². The van der Waals surface area contributed by atoms with E-state index in [0.29, 0.717) is 23.4 Å². The van der Waals surface area contributed by atoms with Crippen molar-refractivity contribution in [2.45, 2.75) is 32.6 Å². The van der Waals surface area contributed by atoms with E-state index in [-0.39, 0.29) is 24.3 Å². The predicted octanol–water partition coefficient (Wildman–Crippen LogP) is 3.62. The highest BCUT2D eigenvalue weighted by molar-refractivity contribution is 5.96. The molecule has 0 heterocycles. The normalized spacial score (nSPS) is 10.1. The fourth-order valence-electron chi connectivity index (χ4n) is 2.70. The number of hydrogen-bond donors (Lipinski definition) is 4. The zero-order chi connectivity index (χ0) is 21.1. The van der Waals surface area contributed by atoms with E-state index in [4.69, 9.17) is 0 Å². The summed E-state index contributed by atoms with van der Waals surface area (Å²) in [5, 5.41) is 11.2. The summed E-state index contributed by atoms with van der Waals surface area (Å²) >= 11 is 0. The molecule has 2 aromatic rings. The first-order valence-corrected chi connectivity index (χ1v) is 9.77. The molecule has 4 N–H and O–H groups in total. The molecule has 3 amide bonds. The summed E-state index contributed by atoms with van der Waals surface area (Å²) in [7, 11) is 1.57. The van der Waals surface area contributed by atoms with Crippen LogP contribution in [0, 0.1) is 0 Å². The Kier molecular flexibility index (Phi) is 8.69. The minimum atomic E-state index is -0.216. The van der Waals surface area contributed by atoms with Crippen LogP contribution >= 0.6 is 0 Å². The molecule has 29 heavy (non-hydrogen) atoms. The van der Waals surface area contributed by atoms with Crippen molar-refractivity contribution in [2.24, 2.45) is 0 Å². The van der Waals surface area contributed by atoms with Crippen LogP contribution in [0.25, 0.3) is 0 Å². The number of unbranched alkanes of at least 4 members (excludes halogenated alkanes) is 2. The maximum atomic E-state index is 12.1. The van der Waals surface area contributed by atoms with Gasteiger partial charge in [0.2, 0.25) is 11.8 Å². The molecular weight excluding hydrogens is 368 g/mol. The van der Waals surface area contributed by atoms with Crippen molar-refractivity contribution >= 4 is 34.8 Å². The first-order valence-electron chi connectivity index (χ1n) is 9.77. The van der Waals surface area contributed by atoms with E-state index < -0.39 is 0 Å². The standard InChI is InChI=1S/C22H28N4O3/c1-3-4-5-9-20(27)26-19-8-6-7-18(14-19)24-15-21(28)25-17-12-10-16(11-13-17)22(29)23-2/h6-8,10-14,24H,3-5,9,15H2,1-2H3,(H,23,29)(H,25,28)(H,26,27). The smallest absolute Gasteiger partial charge is 0.251 e. The minimum Gasteiger partial charge on any atom is -0.376 e. The van der Waals surface area contributed by atoms with Crippen molar-refractivity contribution in [2.75, 3.05) is 29.5 Å². The van der Waals surface area contributed by atoms with Gasteiger partial charge in [-0.25, -0.2) is 0 Å². The van der Waals surface area contributed by atoms with Crippen molar-refractivity contribution in [3.63, 3.8) is 0 Å². The second-order valence-corrected chi connectivity index (χ2v) is 6.64. The Morgan fingerprint density at radius 3 is 2.21 bits per heavy atom. The van der Waals surface area contributed by atoms with E-state index in [9.17, 15) is 14.4 Å². The van der Waals surface area contributed by atoms with Crippen molar-refractivity contribution < 1.29 is 14.4 Å². The van der Waals surface area contributed by atoms with Crippen LogP contribution in [-0.4, -0.2) is 31.3 Å². The Morgan fingerprint density at radius 1 is 0.828 bits per heavy atom. The number of nitrogens with one attached hydrogen (secondary N) is 4. The van der Waals surface area contributed by atoms with Crippen molar-refractivity contribution in [3.05, 3.63) is 54.1 Å². The van der Waals surface area contributed by atoms with E-state index in [1.807, 2.05) is 18.2 Å². The van der Waals surface area contributed by atoms with Crippen LogP contribution in [0.15, 0.2) is 48.5 Å². The minimum absolute atomic E-state index is 0.00598. The average molecular weight is 396 g/mol. The molecule has 0 aromatic heterocycles. The molecule has 0 aliphatic carbocycles. The van der Waals surface area contributed by atoms with Crippen molar-refractivity contribution in [3.8, 4) is 0 Å². The van der Waals surface area contributed by atoms with Crippen LogP contribution in [0.5, 0.6) is 0 Å². The fourth-order valence-corrected chi connectivity index (χ4v) is 2.70. The van der Waals surface area contributed by atoms with Crippen molar-refractivity contribution in [1.29, 1.82) is 0 Å². The van der Waals surface area contributed by atoms with Gasteiger partial charge >= 0.3 is 0 Å². The first-order chi connectivity index (χ1) is 14.0. The van der Waals surface area contributed by atoms with Crippen LogP contribution in [0.1, 0.15) is 43.0 Å².